The van der Waals surface area contributed by atoms with Crippen LogP contribution in [0.25, 0.3) is 0 Å². The van der Waals surface area contributed by atoms with Gasteiger partial charge in [-0.05, 0) is 24.3 Å². The van der Waals surface area contributed by atoms with Gasteiger partial charge in [0, 0.05) is 0 Å². The lowest BCUT2D eigenvalue weighted by Crippen LogP contribution is -2.31. The number of methoxy groups -OCH3 is 1. The van der Waals surface area contributed by atoms with Gasteiger partial charge >= 0.3 is 5.97 Å². The van der Waals surface area contributed by atoms with Gasteiger partial charge in [0.15, 0.2) is 0 Å². The third-order valence-electron chi connectivity index (χ3n) is 2.84. The third-order valence-corrected chi connectivity index (χ3v) is 2.84. The molecule has 1 aliphatic rings. The Morgan fingerprint density at radius 1 is 1.46 bits per heavy atom. The zero-order chi connectivity index (χ0) is 10.1. The van der Waals surface area contributed by atoms with Crippen LogP contribution in [0.2, 0.25) is 0 Å². The fraction of sp³-hybridized carbons (Fsp3) is 0.900. The zero-order valence-electron chi connectivity index (χ0n) is 8.89. The summed E-state index contributed by atoms with van der Waals surface area (Å²) in [6, 6.07) is -0.0887. The lowest BCUT2D eigenvalue weighted by atomic mass is 9.79. The van der Waals surface area contributed by atoms with E-state index in [0.717, 1.165) is 13.0 Å². The molecule has 3 heteroatoms. The molecule has 76 valence electrons. The van der Waals surface area contributed by atoms with Gasteiger partial charge < -0.3 is 10.1 Å². The van der Waals surface area contributed by atoms with Crippen molar-refractivity contribution in [2.75, 3.05) is 13.7 Å². The Kier molecular flexibility index (Phi) is 2.96. The summed E-state index contributed by atoms with van der Waals surface area (Å²) < 4.78 is 4.69. The van der Waals surface area contributed by atoms with Crippen LogP contribution < -0.4 is 5.32 Å². The van der Waals surface area contributed by atoms with E-state index in [9.17, 15) is 4.79 Å². The minimum Gasteiger partial charge on any atom is -0.468 e. The normalized spacial score (nSPS) is 28.9. The Bertz CT molecular complexity index is 196. The second kappa shape index (κ2) is 3.66. The standard InChI is InChI=1S/C10H19NO2/c1-10(2,3)7-5-8(11-6-7)9(12)13-4/h7-8,11H,5-6H2,1-4H3. The fourth-order valence-corrected chi connectivity index (χ4v) is 1.72. The average Bonchev–Trinajstić information content (AvgIpc) is 2.50. The summed E-state index contributed by atoms with van der Waals surface area (Å²) in [5.41, 5.74) is 0.274. The first-order chi connectivity index (χ1) is 5.95. The molecule has 0 aromatic heterocycles. The van der Waals surface area contributed by atoms with E-state index in [-0.39, 0.29) is 17.4 Å². The molecule has 1 heterocycles. The van der Waals surface area contributed by atoms with Crippen LogP contribution in [0.4, 0.5) is 0 Å². The van der Waals surface area contributed by atoms with Crippen LogP contribution in [0.1, 0.15) is 27.2 Å². The quantitative estimate of drug-likeness (QED) is 0.623. The van der Waals surface area contributed by atoms with Gasteiger partial charge in [0.25, 0.3) is 0 Å². The van der Waals surface area contributed by atoms with Crippen molar-refractivity contribution >= 4 is 5.97 Å². The SMILES string of the molecule is COC(=O)C1CC(C(C)(C)C)CN1. The summed E-state index contributed by atoms with van der Waals surface area (Å²) in [5.74, 6) is 0.434. The number of carbonyl (C=O) groups excluding carboxylic acids is 1. The largest absolute Gasteiger partial charge is 0.468 e. The maximum absolute atomic E-state index is 11.2. The molecular weight excluding hydrogens is 166 g/mol. The molecule has 0 spiro atoms. The summed E-state index contributed by atoms with van der Waals surface area (Å²) in [6.07, 6.45) is 0.899. The second-order valence-electron chi connectivity index (χ2n) is 4.78. The van der Waals surface area contributed by atoms with Gasteiger partial charge in [-0.25, -0.2) is 0 Å². The molecule has 3 nitrogen and oxygen atoms in total. The number of hydrogen-bond donors (Lipinski definition) is 1. The monoisotopic (exact) mass is 185 g/mol. The van der Waals surface area contributed by atoms with Gasteiger partial charge in [-0.2, -0.15) is 0 Å². The van der Waals surface area contributed by atoms with Crippen LogP contribution >= 0.6 is 0 Å². The van der Waals surface area contributed by atoms with Gasteiger partial charge in [0.2, 0.25) is 0 Å². The minimum absolute atomic E-state index is 0.0887. The molecule has 0 aliphatic carbocycles. The molecule has 1 fully saturated rings. The van der Waals surface area contributed by atoms with Crippen LogP contribution in [-0.4, -0.2) is 25.7 Å². The van der Waals surface area contributed by atoms with E-state index in [1.54, 1.807) is 0 Å². The number of nitrogens with one attached hydrogen (secondary N) is 1. The third kappa shape index (κ3) is 2.44. The Hall–Kier alpha value is -0.570. The molecule has 0 bridgehead atoms. The number of ether oxygens (including phenoxy) is 1. The predicted octanol–water partition coefficient (Wildman–Crippen LogP) is 1.18. The summed E-state index contributed by atoms with van der Waals surface area (Å²) >= 11 is 0. The first-order valence-electron chi connectivity index (χ1n) is 4.76. The van der Waals surface area contributed by atoms with E-state index < -0.39 is 0 Å². The molecule has 0 saturated carbocycles. The van der Waals surface area contributed by atoms with Crippen molar-refractivity contribution < 1.29 is 9.53 Å². The highest BCUT2D eigenvalue weighted by Gasteiger charge is 2.36. The van der Waals surface area contributed by atoms with E-state index >= 15 is 0 Å². The van der Waals surface area contributed by atoms with Crippen LogP contribution in [0.5, 0.6) is 0 Å². The molecule has 2 unspecified atom stereocenters. The molecule has 0 radical (unpaired) electrons. The molecule has 2 atom stereocenters. The highest BCUT2D eigenvalue weighted by Crippen LogP contribution is 2.32. The molecule has 13 heavy (non-hydrogen) atoms. The van der Waals surface area contributed by atoms with Crippen LogP contribution in [0.15, 0.2) is 0 Å². The summed E-state index contributed by atoms with van der Waals surface area (Å²) in [4.78, 5) is 11.2. The number of hydrogen-bond acceptors (Lipinski definition) is 3. The van der Waals surface area contributed by atoms with E-state index in [0.29, 0.717) is 5.92 Å². The first kappa shape index (κ1) is 10.5. The Labute approximate surface area is 79.8 Å². The van der Waals surface area contributed by atoms with E-state index in [4.69, 9.17) is 4.74 Å². The Morgan fingerprint density at radius 3 is 2.46 bits per heavy atom. The molecule has 1 saturated heterocycles. The molecule has 0 amide bonds. The van der Waals surface area contributed by atoms with Crippen LogP contribution in [0.3, 0.4) is 0 Å². The predicted molar refractivity (Wildman–Crippen MR) is 51.4 cm³/mol. The van der Waals surface area contributed by atoms with Gasteiger partial charge in [-0.1, -0.05) is 20.8 Å². The highest BCUT2D eigenvalue weighted by molar-refractivity contribution is 5.76. The topological polar surface area (TPSA) is 38.3 Å². The molecular formula is C10H19NO2. The molecule has 0 aromatic carbocycles. The number of carbonyl (C=O) groups is 1. The first-order valence-corrected chi connectivity index (χ1v) is 4.76. The van der Waals surface area contributed by atoms with Crippen molar-refractivity contribution in [3.63, 3.8) is 0 Å². The second-order valence-corrected chi connectivity index (χ2v) is 4.78. The maximum atomic E-state index is 11.2. The lowest BCUT2D eigenvalue weighted by molar-refractivity contribution is -0.142. The van der Waals surface area contributed by atoms with Crippen molar-refractivity contribution in [1.82, 2.24) is 5.32 Å². The molecule has 0 aromatic rings. The van der Waals surface area contributed by atoms with Gasteiger partial charge in [0.1, 0.15) is 6.04 Å². The van der Waals surface area contributed by atoms with Crippen molar-refractivity contribution in [2.24, 2.45) is 11.3 Å². The van der Waals surface area contributed by atoms with Crippen LogP contribution in [-0.2, 0) is 9.53 Å². The molecule has 1 aliphatic heterocycles. The Balaban J connectivity index is 2.50. The van der Waals surface area contributed by atoms with Crippen molar-refractivity contribution in [2.45, 2.75) is 33.2 Å². The van der Waals surface area contributed by atoms with Gasteiger partial charge in [-0.15, -0.1) is 0 Å². The van der Waals surface area contributed by atoms with Crippen molar-refractivity contribution in [1.29, 1.82) is 0 Å². The average molecular weight is 185 g/mol. The van der Waals surface area contributed by atoms with Gasteiger partial charge in [0.05, 0.1) is 7.11 Å². The smallest absolute Gasteiger partial charge is 0.322 e. The maximum Gasteiger partial charge on any atom is 0.322 e. The molecule has 1 N–H and O–H groups in total. The summed E-state index contributed by atoms with van der Waals surface area (Å²) in [6.45, 7) is 7.54. The summed E-state index contributed by atoms with van der Waals surface area (Å²) in [5, 5.41) is 3.19. The van der Waals surface area contributed by atoms with Crippen LogP contribution in [0, 0.1) is 11.3 Å². The van der Waals surface area contributed by atoms with E-state index in [2.05, 4.69) is 26.1 Å². The molecule has 1 rings (SSSR count). The lowest BCUT2D eigenvalue weighted by Gasteiger charge is -2.25. The van der Waals surface area contributed by atoms with Crippen molar-refractivity contribution in [3.05, 3.63) is 0 Å². The minimum atomic E-state index is -0.133. The highest BCUT2D eigenvalue weighted by atomic mass is 16.5. The number of rotatable bonds is 1. The van der Waals surface area contributed by atoms with Crippen molar-refractivity contribution in [3.8, 4) is 0 Å². The van der Waals surface area contributed by atoms with E-state index in [1.165, 1.54) is 7.11 Å². The number of esters is 1. The van der Waals surface area contributed by atoms with E-state index in [1.807, 2.05) is 0 Å². The Morgan fingerprint density at radius 2 is 2.08 bits per heavy atom. The summed E-state index contributed by atoms with van der Waals surface area (Å²) in [7, 11) is 1.44. The fourth-order valence-electron chi connectivity index (χ4n) is 1.72. The zero-order valence-corrected chi connectivity index (χ0v) is 8.89. The van der Waals surface area contributed by atoms with Gasteiger partial charge in [-0.3, -0.25) is 4.79 Å².